The predicted octanol–water partition coefficient (Wildman–Crippen LogP) is 2.74. The highest BCUT2D eigenvalue weighted by atomic mass is 35.5. The molecule has 0 aromatic heterocycles. The Morgan fingerprint density at radius 2 is 1.88 bits per heavy atom. The second kappa shape index (κ2) is 10.6. The Hall–Kier alpha value is -1.30. The van der Waals surface area contributed by atoms with Gasteiger partial charge in [0.2, 0.25) is 5.91 Å². The summed E-state index contributed by atoms with van der Waals surface area (Å²) in [5, 5.41) is 6.30. The third-order valence-electron chi connectivity index (χ3n) is 4.67. The number of ether oxygens (including phenoxy) is 2. The quantitative estimate of drug-likeness (QED) is 0.691. The molecule has 0 saturated carbocycles. The molecule has 1 aliphatic rings. The standard InChI is InChI=1S/C19H30N2O3.ClH/c1-15(2)16-4-6-17(7-5-16)24-13-12-21-18(22)19(14-23-3)8-10-20-11-9-19;/h4-7,15,20H,8-14H2,1-3H3,(H,21,22);1H. The van der Waals surface area contributed by atoms with E-state index in [0.29, 0.717) is 25.7 Å². The van der Waals surface area contributed by atoms with Crippen molar-refractivity contribution in [1.82, 2.24) is 10.6 Å². The first-order chi connectivity index (χ1) is 11.6. The normalized spacial score (nSPS) is 16.2. The summed E-state index contributed by atoms with van der Waals surface area (Å²) in [7, 11) is 1.65. The summed E-state index contributed by atoms with van der Waals surface area (Å²) in [5.41, 5.74) is 0.891. The van der Waals surface area contributed by atoms with Gasteiger partial charge in [0.05, 0.1) is 18.6 Å². The van der Waals surface area contributed by atoms with Gasteiger partial charge >= 0.3 is 0 Å². The van der Waals surface area contributed by atoms with Crippen molar-refractivity contribution in [3.63, 3.8) is 0 Å². The van der Waals surface area contributed by atoms with Gasteiger partial charge in [-0.2, -0.15) is 0 Å². The lowest BCUT2D eigenvalue weighted by Gasteiger charge is -2.35. The highest BCUT2D eigenvalue weighted by Gasteiger charge is 2.39. The molecule has 0 unspecified atom stereocenters. The first-order valence-electron chi connectivity index (χ1n) is 8.78. The van der Waals surface area contributed by atoms with Crippen LogP contribution in [-0.2, 0) is 9.53 Å². The molecule has 0 bridgehead atoms. The van der Waals surface area contributed by atoms with E-state index in [0.717, 1.165) is 31.7 Å². The van der Waals surface area contributed by atoms with Crippen LogP contribution in [0.4, 0.5) is 0 Å². The number of amides is 1. The second-order valence-corrected chi connectivity index (χ2v) is 6.79. The van der Waals surface area contributed by atoms with Crippen molar-refractivity contribution in [2.24, 2.45) is 5.41 Å². The molecule has 1 aromatic carbocycles. The highest BCUT2D eigenvalue weighted by molar-refractivity contribution is 5.85. The molecule has 6 heteroatoms. The molecule has 0 spiro atoms. The fourth-order valence-electron chi connectivity index (χ4n) is 3.09. The van der Waals surface area contributed by atoms with E-state index in [4.69, 9.17) is 9.47 Å². The Kier molecular flexibility index (Phi) is 9.25. The van der Waals surface area contributed by atoms with Gasteiger partial charge in [0, 0.05) is 7.11 Å². The van der Waals surface area contributed by atoms with Crippen LogP contribution in [0.5, 0.6) is 5.75 Å². The maximum absolute atomic E-state index is 12.6. The number of carbonyl (C=O) groups excluding carboxylic acids is 1. The average Bonchev–Trinajstić information content (AvgIpc) is 2.60. The van der Waals surface area contributed by atoms with E-state index in [1.54, 1.807) is 7.11 Å². The lowest BCUT2D eigenvalue weighted by molar-refractivity contribution is -0.136. The van der Waals surface area contributed by atoms with Crippen LogP contribution in [0.25, 0.3) is 0 Å². The van der Waals surface area contributed by atoms with Crippen LogP contribution in [0.1, 0.15) is 38.2 Å². The number of carbonyl (C=O) groups is 1. The van der Waals surface area contributed by atoms with E-state index >= 15 is 0 Å². The van der Waals surface area contributed by atoms with Crippen molar-refractivity contribution >= 4 is 18.3 Å². The van der Waals surface area contributed by atoms with Gasteiger partial charge in [0.1, 0.15) is 12.4 Å². The summed E-state index contributed by atoms with van der Waals surface area (Å²) in [6, 6.07) is 8.13. The van der Waals surface area contributed by atoms with Crippen molar-refractivity contribution < 1.29 is 14.3 Å². The largest absolute Gasteiger partial charge is 0.492 e. The molecule has 1 aromatic rings. The summed E-state index contributed by atoms with van der Waals surface area (Å²) in [6.07, 6.45) is 1.62. The third kappa shape index (κ3) is 6.17. The predicted molar refractivity (Wildman–Crippen MR) is 103 cm³/mol. The molecule has 1 heterocycles. The highest BCUT2D eigenvalue weighted by Crippen LogP contribution is 2.29. The van der Waals surface area contributed by atoms with Gasteiger partial charge < -0.3 is 20.1 Å². The minimum atomic E-state index is -0.404. The molecule has 2 rings (SSSR count). The van der Waals surface area contributed by atoms with Crippen LogP contribution in [-0.4, -0.2) is 45.9 Å². The Labute approximate surface area is 157 Å². The minimum absolute atomic E-state index is 0. The van der Waals surface area contributed by atoms with Crippen LogP contribution in [0.2, 0.25) is 0 Å². The van der Waals surface area contributed by atoms with E-state index in [2.05, 4.69) is 36.6 Å². The summed E-state index contributed by atoms with van der Waals surface area (Å²) in [6.45, 7) is 7.49. The molecular formula is C19H31ClN2O3. The maximum atomic E-state index is 12.6. The fraction of sp³-hybridized carbons (Fsp3) is 0.632. The van der Waals surface area contributed by atoms with Gasteiger partial charge in [0.25, 0.3) is 0 Å². The molecule has 0 radical (unpaired) electrons. The van der Waals surface area contributed by atoms with Crippen molar-refractivity contribution in [2.75, 3.05) is 40.0 Å². The monoisotopic (exact) mass is 370 g/mol. The number of hydrogen-bond acceptors (Lipinski definition) is 4. The Morgan fingerprint density at radius 1 is 1.24 bits per heavy atom. The molecular weight excluding hydrogens is 340 g/mol. The molecule has 5 nitrogen and oxygen atoms in total. The maximum Gasteiger partial charge on any atom is 0.228 e. The number of rotatable bonds is 8. The number of methoxy groups -OCH3 is 1. The Bertz CT molecular complexity index is 508. The zero-order valence-electron chi connectivity index (χ0n) is 15.5. The number of piperidine rings is 1. The van der Waals surface area contributed by atoms with Crippen LogP contribution >= 0.6 is 12.4 Å². The van der Waals surface area contributed by atoms with Crippen LogP contribution in [0.15, 0.2) is 24.3 Å². The number of hydrogen-bond donors (Lipinski definition) is 2. The molecule has 142 valence electrons. The zero-order valence-corrected chi connectivity index (χ0v) is 16.3. The van der Waals surface area contributed by atoms with Gasteiger partial charge in [-0.25, -0.2) is 0 Å². The van der Waals surface area contributed by atoms with Gasteiger partial charge in [-0.3, -0.25) is 4.79 Å². The first kappa shape index (κ1) is 21.7. The molecule has 1 amide bonds. The van der Waals surface area contributed by atoms with E-state index < -0.39 is 5.41 Å². The second-order valence-electron chi connectivity index (χ2n) is 6.79. The number of nitrogens with one attached hydrogen (secondary N) is 2. The van der Waals surface area contributed by atoms with Gasteiger partial charge in [0.15, 0.2) is 0 Å². The van der Waals surface area contributed by atoms with Gasteiger partial charge in [-0.15, -0.1) is 12.4 Å². The number of halogens is 1. The molecule has 0 atom stereocenters. The van der Waals surface area contributed by atoms with Gasteiger partial charge in [-0.05, 0) is 49.5 Å². The minimum Gasteiger partial charge on any atom is -0.492 e. The molecule has 1 aliphatic heterocycles. The summed E-state index contributed by atoms with van der Waals surface area (Å²) >= 11 is 0. The Balaban J connectivity index is 0.00000312. The first-order valence-corrected chi connectivity index (χ1v) is 8.78. The van der Waals surface area contributed by atoms with E-state index in [1.807, 2.05) is 12.1 Å². The molecule has 0 aliphatic carbocycles. The average molecular weight is 371 g/mol. The molecule has 1 fully saturated rings. The molecule has 1 saturated heterocycles. The topological polar surface area (TPSA) is 59.6 Å². The van der Waals surface area contributed by atoms with Crippen molar-refractivity contribution in [3.05, 3.63) is 29.8 Å². The van der Waals surface area contributed by atoms with E-state index in [9.17, 15) is 4.79 Å². The van der Waals surface area contributed by atoms with Crippen molar-refractivity contribution in [2.45, 2.75) is 32.6 Å². The van der Waals surface area contributed by atoms with Crippen LogP contribution in [0.3, 0.4) is 0 Å². The number of benzene rings is 1. The van der Waals surface area contributed by atoms with Crippen LogP contribution in [0, 0.1) is 5.41 Å². The Morgan fingerprint density at radius 3 is 2.44 bits per heavy atom. The van der Waals surface area contributed by atoms with Crippen molar-refractivity contribution in [3.8, 4) is 5.75 Å². The lowest BCUT2D eigenvalue weighted by Crippen LogP contribution is -2.50. The molecule has 25 heavy (non-hydrogen) atoms. The SMILES string of the molecule is COCC1(C(=O)NCCOc2ccc(C(C)C)cc2)CCNCC1.Cl. The van der Waals surface area contributed by atoms with Gasteiger partial charge in [-0.1, -0.05) is 26.0 Å². The van der Waals surface area contributed by atoms with E-state index in [1.165, 1.54) is 5.56 Å². The summed E-state index contributed by atoms with van der Waals surface area (Å²) < 4.78 is 11.0. The van der Waals surface area contributed by atoms with E-state index in [-0.39, 0.29) is 18.3 Å². The summed E-state index contributed by atoms with van der Waals surface area (Å²) in [4.78, 5) is 12.6. The zero-order chi connectivity index (χ0) is 17.4. The lowest BCUT2D eigenvalue weighted by atomic mass is 9.78. The fourth-order valence-corrected chi connectivity index (χ4v) is 3.09. The molecule has 2 N–H and O–H groups in total. The van der Waals surface area contributed by atoms with Crippen molar-refractivity contribution in [1.29, 1.82) is 0 Å². The smallest absolute Gasteiger partial charge is 0.228 e. The van der Waals surface area contributed by atoms with Crippen LogP contribution < -0.4 is 15.4 Å². The summed E-state index contributed by atoms with van der Waals surface area (Å²) in [5.74, 6) is 1.42. The third-order valence-corrected chi connectivity index (χ3v) is 4.67.